The molecule has 24 heavy (non-hydrogen) atoms. The molecule has 1 heterocycles. The molecular weight excluding hydrogens is 348 g/mol. The second kappa shape index (κ2) is 11.1. The van der Waals surface area contributed by atoms with Gasteiger partial charge in [0.15, 0.2) is 5.76 Å². The Kier molecular flexibility index (Phi) is 9.95. The largest absolute Gasteiger partial charge is 0.507 e. The normalized spacial score (nSPS) is 20.8. The van der Waals surface area contributed by atoms with E-state index in [-0.39, 0.29) is 29.5 Å². The summed E-state index contributed by atoms with van der Waals surface area (Å²) < 4.78 is 10.7. The first-order valence-corrected chi connectivity index (χ1v) is 10.3. The number of ether oxygens (including phenoxy) is 2. The summed E-state index contributed by atoms with van der Waals surface area (Å²) in [6.45, 7) is 3.89. The van der Waals surface area contributed by atoms with Crippen LogP contribution in [-0.2, 0) is 14.3 Å². The molecule has 0 radical (unpaired) electrons. The molecule has 0 saturated carbocycles. The van der Waals surface area contributed by atoms with Crippen molar-refractivity contribution in [1.29, 1.82) is 0 Å². The summed E-state index contributed by atoms with van der Waals surface area (Å²) in [4.78, 5) is 16.2. The van der Waals surface area contributed by atoms with Gasteiger partial charge < -0.3 is 24.4 Å². The molecule has 140 valence electrons. The highest BCUT2D eigenvalue weighted by molar-refractivity contribution is 8.00. The molecule has 0 saturated heterocycles. The summed E-state index contributed by atoms with van der Waals surface area (Å²) in [6.07, 6.45) is -0.205. The summed E-state index contributed by atoms with van der Waals surface area (Å²) in [5.41, 5.74) is 0. The molecule has 0 spiro atoms. The van der Waals surface area contributed by atoms with Gasteiger partial charge in [-0.25, -0.2) is 4.79 Å². The van der Waals surface area contributed by atoms with Gasteiger partial charge in [0.2, 0.25) is 5.76 Å². The first-order valence-electron chi connectivity index (χ1n) is 8.12. The fourth-order valence-corrected chi connectivity index (χ4v) is 4.68. The highest BCUT2D eigenvalue weighted by Gasteiger charge is 2.40. The summed E-state index contributed by atoms with van der Waals surface area (Å²) in [5.74, 6) is 2.01. The highest BCUT2D eigenvalue weighted by Crippen LogP contribution is 2.35. The van der Waals surface area contributed by atoms with E-state index >= 15 is 0 Å². The zero-order valence-corrected chi connectivity index (χ0v) is 16.9. The Labute approximate surface area is 153 Å². The zero-order chi connectivity index (χ0) is 18.1. The number of aliphatic hydroxyl groups is 1. The lowest BCUT2D eigenvalue weighted by atomic mass is 10.2. The van der Waals surface area contributed by atoms with Gasteiger partial charge in [0, 0.05) is 30.3 Å². The van der Waals surface area contributed by atoms with Crippen LogP contribution in [0.2, 0.25) is 0 Å². The fraction of sp³-hybridized carbons (Fsp3) is 0.812. The number of nitrogens with zero attached hydrogens (tertiary/aromatic N) is 2. The number of esters is 1. The van der Waals surface area contributed by atoms with Crippen molar-refractivity contribution in [2.75, 3.05) is 65.1 Å². The quantitative estimate of drug-likeness (QED) is 0.430. The maximum atomic E-state index is 12.0. The third kappa shape index (κ3) is 7.13. The third-order valence-electron chi connectivity index (χ3n) is 3.37. The van der Waals surface area contributed by atoms with Gasteiger partial charge in [0.05, 0.1) is 6.61 Å². The number of thioether (sulfide) groups is 2. The van der Waals surface area contributed by atoms with E-state index in [0.717, 1.165) is 30.3 Å². The predicted molar refractivity (Wildman–Crippen MR) is 102 cm³/mol. The smallest absolute Gasteiger partial charge is 0.377 e. The van der Waals surface area contributed by atoms with Crippen LogP contribution in [0.1, 0.15) is 6.92 Å². The average molecular weight is 379 g/mol. The van der Waals surface area contributed by atoms with Gasteiger partial charge in [-0.2, -0.15) is 11.8 Å². The molecular formula is C16H30N2O4S2. The SMILES string of the molecule is CCOC(=O)C1=C(O)C(SCCN(C)C)C(CSCCN(C)C)O1. The predicted octanol–water partition coefficient (Wildman–Crippen LogP) is 1.68. The van der Waals surface area contributed by atoms with Crippen LogP contribution in [0, 0.1) is 0 Å². The Bertz CT molecular complexity index is 430. The molecule has 0 fully saturated rings. The van der Waals surface area contributed by atoms with Gasteiger partial charge in [-0.3, -0.25) is 0 Å². The Hall–Kier alpha value is -0.570. The molecule has 1 N–H and O–H groups in total. The van der Waals surface area contributed by atoms with Gasteiger partial charge in [-0.1, -0.05) is 0 Å². The number of aliphatic hydroxyl groups excluding tert-OH is 1. The van der Waals surface area contributed by atoms with Crippen molar-refractivity contribution in [2.45, 2.75) is 18.3 Å². The zero-order valence-electron chi connectivity index (χ0n) is 15.3. The summed E-state index contributed by atoms with van der Waals surface area (Å²) in [6, 6.07) is 0. The second-order valence-electron chi connectivity index (χ2n) is 6.06. The molecule has 2 unspecified atom stereocenters. The standard InChI is InChI=1S/C16H30N2O4S2/c1-6-21-16(20)14-13(19)15(24-10-8-18(4)5)12(22-14)11-23-9-7-17(2)3/h12,15,19H,6-11H2,1-5H3. The molecule has 2 atom stereocenters. The maximum absolute atomic E-state index is 12.0. The molecule has 0 aromatic rings. The molecule has 6 nitrogen and oxygen atoms in total. The molecule has 0 bridgehead atoms. The van der Waals surface area contributed by atoms with Gasteiger partial charge in [0.25, 0.3) is 0 Å². The Morgan fingerprint density at radius 1 is 1.21 bits per heavy atom. The van der Waals surface area contributed by atoms with Crippen molar-refractivity contribution in [2.24, 2.45) is 0 Å². The molecule has 1 aliphatic heterocycles. The Morgan fingerprint density at radius 2 is 1.83 bits per heavy atom. The monoisotopic (exact) mass is 378 g/mol. The van der Waals surface area contributed by atoms with Gasteiger partial charge >= 0.3 is 5.97 Å². The summed E-state index contributed by atoms with van der Waals surface area (Å²) in [5, 5.41) is 10.2. The van der Waals surface area contributed by atoms with Crippen LogP contribution in [-0.4, -0.2) is 97.4 Å². The van der Waals surface area contributed by atoms with E-state index in [1.54, 1.807) is 30.4 Å². The molecule has 1 aliphatic rings. The molecule has 0 amide bonds. The van der Waals surface area contributed by atoms with E-state index in [9.17, 15) is 9.90 Å². The first kappa shape index (κ1) is 21.5. The van der Waals surface area contributed by atoms with Crippen molar-refractivity contribution >= 4 is 29.5 Å². The van der Waals surface area contributed by atoms with Crippen molar-refractivity contribution in [3.05, 3.63) is 11.5 Å². The molecule has 0 aromatic carbocycles. The number of carbonyl (C=O) groups is 1. The molecule has 1 rings (SSSR count). The van der Waals surface area contributed by atoms with Crippen LogP contribution < -0.4 is 0 Å². The molecule has 8 heteroatoms. The molecule has 0 aromatic heterocycles. The third-order valence-corrected chi connectivity index (χ3v) is 5.71. The molecule has 0 aliphatic carbocycles. The van der Waals surface area contributed by atoms with E-state index in [0.29, 0.717) is 0 Å². The number of rotatable bonds is 11. The first-order chi connectivity index (χ1) is 11.4. The van der Waals surface area contributed by atoms with Gasteiger partial charge in [-0.15, -0.1) is 11.8 Å². The van der Waals surface area contributed by atoms with Crippen LogP contribution >= 0.6 is 23.5 Å². The Balaban J connectivity index is 2.64. The maximum Gasteiger partial charge on any atom is 0.377 e. The number of hydrogen-bond donors (Lipinski definition) is 1. The van der Waals surface area contributed by atoms with Crippen molar-refractivity contribution in [1.82, 2.24) is 9.80 Å². The number of hydrogen-bond acceptors (Lipinski definition) is 8. The fourth-order valence-electron chi connectivity index (χ4n) is 2.04. The van der Waals surface area contributed by atoms with E-state index in [1.807, 2.05) is 28.2 Å². The highest BCUT2D eigenvalue weighted by atomic mass is 32.2. The van der Waals surface area contributed by atoms with Gasteiger partial charge in [-0.05, 0) is 35.1 Å². The minimum atomic E-state index is -0.575. The average Bonchev–Trinajstić information content (AvgIpc) is 2.80. The Morgan fingerprint density at radius 3 is 2.42 bits per heavy atom. The minimum absolute atomic E-state index is 0.0163. The topological polar surface area (TPSA) is 62.2 Å². The van der Waals surface area contributed by atoms with E-state index in [1.165, 1.54) is 0 Å². The second-order valence-corrected chi connectivity index (χ2v) is 8.46. The van der Waals surface area contributed by atoms with Crippen LogP contribution in [0.5, 0.6) is 0 Å². The lowest BCUT2D eigenvalue weighted by Crippen LogP contribution is -2.27. The van der Waals surface area contributed by atoms with Crippen molar-refractivity contribution < 1.29 is 19.4 Å². The van der Waals surface area contributed by atoms with Crippen LogP contribution in [0.3, 0.4) is 0 Å². The van der Waals surface area contributed by atoms with Gasteiger partial charge in [0.1, 0.15) is 11.4 Å². The van der Waals surface area contributed by atoms with E-state index in [4.69, 9.17) is 9.47 Å². The lowest BCUT2D eigenvalue weighted by molar-refractivity contribution is -0.143. The summed E-state index contributed by atoms with van der Waals surface area (Å²) in [7, 11) is 8.11. The van der Waals surface area contributed by atoms with E-state index < -0.39 is 5.97 Å². The minimum Gasteiger partial charge on any atom is -0.507 e. The number of carbonyl (C=O) groups excluding carboxylic acids is 1. The summed E-state index contributed by atoms with van der Waals surface area (Å²) >= 11 is 3.40. The van der Waals surface area contributed by atoms with E-state index in [2.05, 4.69) is 9.80 Å². The lowest BCUT2D eigenvalue weighted by Gasteiger charge is -2.20. The van der Waals surface area contributed by atoms with Crippen LogP contribution in [0.25, 0.3) is 0 Å². The van der Waals surface area contributed by atoms with Crippen LogP contribution in [0.4, 0.5) is 0 Å². The van der Waals surface area contributed by atoms with Crippen molar-refractivity contribution in [3.8, 4) is 0 Å². The van der Waals surface area contributed by atoms with Crippen molar-refractivity contribution in [3.63, 3.8) is 0 Å². The van der Waals surface area contributed by atoms with Crippen LogP contribution in [0.15, 0.2) is 11.5 Å².